The molecule has 1 aromatic carbocycles. The van der Waals surface area contributed by atoms with Gasteiger partial charge < -0.3 is 10.5 Å². The normalized spacial score (nSPS) is 16.4. The third kappa shape index (κ3) is 5.79. The lowest BCUT2D eigenvalue weighted by molar-refractivity contribution is -0.0508. The van der Waals surface area contributed by atoms with Gasteiger partial charge in [0.2, 0.25) is 0 Å². The number of nitrogens with zero attached hydrogens (tertiary/aromatic N) is 1. The van der Waals surface area contributed by atoms with Crippen molar-refractivity contribution in [2.75, 3.05) is 13.1 Å². The molecule has 3 nitrogen and oxygen atoms in total. The Morgan fingerprint density at radius 3 is 2.40 bits per heavy atom. The zero-order chi connectivity index (χ0) is 13.0. The van der Waals surface area contributed by atoms with Crippen LogP contribution in [-0.2, 0) is 6.54 Å². The first-order valence-corrected chi connectivity index (χ1v) is 6.16. The van der Waals surface area contributed by atoms with Crippen molar-refractivity contribution in [3.63, 3.8) is 0 Å². The molecule has 0 atom stereocenters. The van der Waals surface area contributed by atoms with Crippen LogP contribution in [0.15, 0.2) is 24.3 Å². The average molecular weight is 329 g/mol. The maximum absolute atomic E-state index is 12.3. The minimum atomic E-state index is -2.78. The Morgan fingerprint density at radius 1 is 1.20 bits per heavy atom. The first kappa shape index (κ1) is 19.4. The van der Waals surface area contributed by atoms with Crippen molar-refractivity contribution in [2.24, 2.45) is 5.73 Å². The van der Waals surface area contributed by atoms with Crippen molar-refractivity contribution in [3.8, 4) is 5.75 Å². The minimum Gasteiger partial charge on any atom is -0.434 e. The van der Waals surface area contributed by atoms with Gasteiger partial charge >= 0.3 is 6.61 Å². The highest BCUT2D eigenvalue weighted by molar-refractivity contribution is 5.85. The lowest BCUT2D eigenvalue weighted by atomic mass is 10.1. The molecule has 0 bridgehead atoms. The van der Waals surface area contributed by atoms with Gasteiger partial charge in [-0.2, -0.15) is 8.78 Å². The maximum Gasteiger partial charge on any atom is 0.387 e. The molecule has 0 amide bonds. The van der Waals surface area contributed by atoms with Crippen LogP contribution in [0.25, 0.3) is 0 Å². The molecular weight excluding hydrogens is 309 g/mol. The molecule has 7 heteroatoms. The number of rotatable bonds is 4. The van der Waals surface area contributed by atoms with Gasteiger partial charge in [0.05, 0.1) is 0 Å². The van der Waals surface area contributed by atoms with Crippen LogP contribution in [0.3, 0.4) is 0 Å². The Kier molecular flexibility index (Phi) is 9.05. The smallest absolute Gasteiger partial charge is 0.387 e. The highest BCUT2D eigenvalue weighted by atomic mass is 35.5. The van der Waals surface area contributed by atoms with E-state index in [9.17, 15) is 8.78 Å². The molecule has 1 aliphatic heterocycles. The predicted octanol–water partition coefficient (Wildman–Crippen LogP) is 3.05. The van der Waals surface area contributed by atoms with Crippen LogP contribution in [-0.4, -0.2) is 30.6 Å². The highest BCUT2D eigenvalue weighted by Gasteiger charge is 2.18. The van der Waals surface area contributed by atoms with Gasteiger partial charge in [-0.3, -0.25) is 4.90 Å². The summed E-state index contributed by atoms with van der Waals surface area (Å²) in [6.07, 6.45) is 1.91. The fraction of sp³-hybridized carbons (Fsp3) is 0.538. The van der Waals surface area contributed by atoms with E-state index < -0.39 is 6.61 Å². The molecule has 0 spiro atoms. The number of alkyl halides is 2. The molecule has 1 aromatic rings. The van der Waals surface area contributed by atoms with Crippen LogP contribution >= 0.6 is 24.8 Å². The molecule has 0 saturated carbocycles. The largest absolute Gasteiger partial charge is 0.434 e. The lowest BCUT2D eigenvalue weighted by Crippen LogP contribution is -2.39. The average Bonchev–Trinajstić information content (AvgIpc) is 2.34. The third-order valence-electron chi connectivity index (χ3n) is 3.21. The number of halogens is 4. The summed E-state index contributed by atoms with van der Waals surface area (Å²) < 4.78 is 29.1. The van der Waals surface area contributed by atoms with Gasteiger partial charge in [0.1, 0.15) is 5.75 Å². The van der Waals surface area contributed by atoms with Gasteiger partial charge in [0.25, 0.3) is 0 Å². The van der Waals surface area contributed by atoms with E-state index in [1.165, 1.54) is 0 Å². The van der Waals surface area contributed by atoms with E-state index in [2.05, 4.69) is 9.64 Å². The third-order valence-corrected chi connectivity index (χ3v) is 3.21. The van der Waals surface area contributed by atoms with Gasteiger partial charge in [-0.25, -0.2) is 0 Å². The lowest BCUT2D eigenvalue weighted by Gasteiger charge is -2.30. The van der Waals surface area contributed by atoms with E-state index in [4.69, 9.17) is 5.73 Å². The molecule has 2 rings (SSSR count). The van der Waals surface area contributed by atoms with Crippen LogP contribution in [0.4, 0.5) is 8.78 Å². The number of benzene rings is 1. The summed E-state index contributed by atoms with van der Waals surface area (Å²) in [5, 5.41) is 0. The molecule has 1 saturated heterocycles. The Labute approximate surface area is 130 Å². The van der Waals surface area contributed by atoms with Crippen LogP contribution in [0.1, 0.15) is 18.4 Å². The first-order chi connectivity index (χ1) is 8.65. The minimum absolute atomic E-state index is 0. The van der Waals surface area contributed by atoms with Crippen LogP contribution < -0.4 is 10.5 Å². The summed E-state index contributed by atoms with van der Waals surface area (Å²) in [5.74, 6) is 0.266. The standard InChI is InChI=1S/C13H18F2N2O.2ClH/c14-13(15)18-12-4-2-1-3-10(12)9-17-7-5-11(16)6-8-17;;/h1-4,11,13H,5-9,16H2;2*1H. The van der Waals surface area contributed by atoms with Crippen molar-refractivity contribution in [1.82, 2.24) is 4.90 Å². The zero-order valence-electron chi connectivity index (χ0n) is 11.0. The monoisotopic (exact) mass is 328 g/mol. The Morgan fingerprint density at radius 2 is 1.80 bits per heavy atom. The number of likely N-dealkylation sites (tertiary alicyclic amines) is 1. The van der Waals surface area contributed by atoms with E-state index in [1.54, 1.807) is 12.1 Å². The summed E-state index contributed by atoms with van der Waals surface area (Å²) in [6.45, 7) is -0.329. The molecule has 1 aliphatic rings. The number of para-hydroxylation sites is 1. The van der Waals surface area contributed by atoms with E-state index in [0.717, 1.165) is 31.5 Å². The van der Waals surface area contributed by atoms with Gasteiger partial charge in [0.15, 0.2) is 0 Å². The Bertz CT molecular complexity index is 388. The van der Waals surface area contributed by atoms with Crippen molar-refractivity contribution < 1.29 is 13.5 Å². The van der Waals surface area contributed by atoms with Crippen molar-refractivity contribution >= 4 is 24.8 Å². The fourth-order valence-electron chi connectivity index (χ4n) is 2.20. The van der Waals surface area contributed by atoms with E-state index in [-0.39, 0.29) is 36.6 Å². The summed E-state index contributed by atoms with van der Waals surface area (Å²) in [6, 6.07) is 7.22. The van der Waals surface area contributed by atoms with Gasteiger partial charge in [0, 0.05) is 18.2 Å². The second-order valence-electron chi connectivity index (χ2n) is 4.60. The van der Waals surface area contributed by atoms with Gasteiger partial charge in [-0.05, 0) is 32.0 Å². The summed E-state index contributed by atoms with van der Waals surface area (Å²) in [5.41, 5.74) is 6.63. The zero-order valence-corrected chi connectivity index (χ0v) is 12.6. The van der Waals surface area contributed by atoms with Gasteiger partial charge in [-0.15, -0.1) is 24.8 Å². The predicted molar refractivity (Wildman–Crippen MR) is 80.1 cm³/mol. The number of hydrogen-bond acceptors (Lipinski definition) is 3. The molecule has 0 aromatic heterocycles. The second-order valence-corrected chi connectivity index (χ2v) is 4.60. The van der Waals surface area contributed by atoms with E-state index in [0.29, 0.717) is 6.54 Å². The fourth-order valence-corrected chi connectivity index (χ4v) is 2.20. The summed E-state index contributed by atoms with van der Waals surface area (Å²) in [7, 11) is 0. The number of hydrogen-bond donors (Lipinski definition) is 1. The van der Waals surface area contributed by atoms with Crippen LogP contribution in [0.5, 0.6) is 5.75 Å². The molecule has 1 fully saturated rings. The molecular formula is C13H20Cl2F2N2O. The quantitative estimate of drug-likeness (QED) is 0.923. The van der Waals surface area contributed by atoms with E-state index >= 15 is 0 Å². The van der Waals surface area contributed by atoms with Crippen molar-refractivity contribution in [1.29, 1.82) is 0 Å². The summed E-state index contributed by atoms with van der Waals surface area (Å²) in [4.78, 5) is 2.22. The molecule has 0 radical (unpaired) electrons. The SMILES string of the molecule is Cl.Cl.NC1CCN(Cc2ccccc2OC(F)F)CC1. The molecule has 0 aliphatic carbocycles. The maximum atomic E-state index is 12.3. The Balaban J connectivity index is 0.00000180. The molecule has 2 N–H and O–H groups in total. The molecule has 0 unspecified atom stereocenters. The molecule has 20 heavy (non-hydrogen) atoms. The van der Waals surface area contributed by atoms with Crippen molar-refractivity contribution in [3.05, 3.63) is 29.8 Å². The summed E-state index contributed by atoms with van der Waals surface area (Å²) >= 11 is 0. The van der Waals surface area contributed by atoms with Crippen molar-refractivity contribution in [2.45, 2.75) is 32.0 Å². The van der Waals surface area contributed by atoms with E-state index in [1.807, 2.05) is 12.1 Å². The molecule has 1 heterocycles. The van der Waals surface area contributed by atoms with Crippen LogP contribution in [0, 0.1) is 0 Å². The second kappa shape index (κ2) is 9.34. The topological polar surface area (TPSA) is 38.5 Å². The number of nitrogens with two attached hydrogens (primary N) is 1. The van der Waals surface area contributed by atoms with Gasteiger partial charge in [-0.1, -0.05) is 18.2 Å². The number of piperidine rings is 1. The highest BCUT2D eigenvalue weighted by Crippen LogP contribution is 2.23. The number of ether oxygens (including phenoxy) is 1. The van der Waals surface area contributed by atoms with Crippen LogP contribution in [0.2, 0.25) is 0 Å². The Hall–Kier alpha value is -0.620. The molecule has 116 valence electrons. The first-order valence-electron chi connectivity index (χ1n) is 6.16.